The van der Waals surface area contributed by atoms with E-state index in [0.717, 1.165) is 0 Å². The molecule has 5 heteroatoms. The smallest absolute Gasteiger partial charge is 0.334 e. The number of halogens is 2. The Bertz CT molecular complexity index is 643. The normalized spacial score (nSPS) is 13.5. The number of aliphatic carboxylic acids is 1. The molecule has 0 amide bonds. The highest BCUT2D eigenvalue weighted by Gasteiger charge is 2.39. The zero-order valence-corrected chi connectivity index (χ0v) is 11.4. The highest BCUT2D eigenvalue weighted by atomic mass is 19.1. The van der Waals surface area contributed by atoms with E-state index in [-0.39, 0.29) is 6.42 Å². The molecule has 0 radical (unpaired) electrons. The van der Waals surface area contributed by atoms with E-state index in [0.29, 0.717) is 11.3 Å². The molecule has 110 valence electrons. The van der Waals surface area contributed by atoms with Crippen molar-refractivity contribution >= 4 is 11.7 Å². The van der Waals surface area contributed by atoms with Crippen LogP contribution in [0.25, 0.3) is 0 Å². The summed E-state index contributed by atoms with van der Waals surface area (Å²) in [4.78, 5) is 11.8. The molecule has 0 aromatic heterocycles. The second-order valence-corrected chi connectivity index (χ2v) is 4.71. The quantitative estimate of drug-likeness (QED) is 0.881. The molecular formula is C16H15F2NO2. The molecular weight excluding hydrogens is 276 g/mol. The summed E-state index contributed by atoms with van der Waals surface area (Å²) in [7, 11) is 0. The summed E-state index contributed by atoms with van der Waals surface area (Å²) in [6.07, 6.45) is 0.198. The third-order valence-electron chi connectivity index (χ3n) is 3.41. The van der Waals surface area contributed by atoms with Crippen LogP contribution in [0.3, 0.4) is 0 Å². The fraction of sp³-hybridized carbons (Fsp3) is 0.188. The highest BCUT2D eigenvalue weighted by Crippen LogP contribution is 2.31. The lowest BCUT2D eigenvalue weighted by molar-refractivity contribution is -0.142. The number of hydrogen-bond acceptors (Lipinski definition) is 2. The monoisotopic (exact) mass is 291 g/mol. The summed E-state index contributed by atoms with van der Waals surface area (Å²) >= 11 is 0. The second-order valence-electron chi connectivity index (χ2n) is 4.71. The number of nitrogens with one attached hydrogen (secondary N) is 1. The number of rotatable bonds is 5. The Labute approximate surface area is 121 Å². The van der Waals surface area contributed by atoms with Crippen LogP contribution >= 0.6 is 0 Å². The minimum Gasteiger partial charge on any atom is -0.479 e. The van der Waals surface area contributed by atoms with Crippen molar-refractivity contribution in [2.24, 2.45) is 0 Å². The molecule has 1 unspecified atom stereocenters. The van der Waals surface area contributed by atoms with Gasteiger partial charge in [-0.15, -0.1) is 0 Å². The molecule has 0 saturated carbocycles. The predicted octanol–water partition coefficient (Wildman–Crippen LogP) is 3.77. The number of hydrogen-bond donors (Lipinski definition) is 2. The molecule has 2 aromatic carbocycles. The van der Waals surface area contributed by atoms with Crippen molar-refractivity contribution in [3.63, 3.8) is 0 Å². The van der Waals surface area contributed by atoms with E-state index >= 15 is 0 Å². The minimum atomic E-state index is -1.47. The zero-order chi connectivity index (χ0) is 15.5. The molecule has 0 saturated heterocycles. The topological polar surface area (TPSA) is 49.3 Å². The number of benzene rings is 2. The molecule has 0 spiro atoms. The summed E-state index contributed by atoms with van der Waals surface area (Å²) in [6, 6.07) is 10.8. The molecule has 2 aromatic rings. The first-order valence-corrected chi connectivity index (χ1v) is 6.51. The molecule has 0 aliphatic heterocycles. The van der Waals surface area contributed by atoms with E-state index in [2.05, 4.69) is 5.32 Å². The summed E-state index contributed by atoms with van der Waals surface area (Å²) in [5, 5.41) is 12.5. The summed E-state index contributed by atoms with van der Waals surface area (Å²) in [5.41, 5.74) is -0.716. The maximum absolute atomic E-state index is 13.4. The zero-order valence-electron chi connectivity index (χ0n) is 11.4. The third-order valence-corrected chi connectivity index (χ3v) is 3.41. The standard InChI is InChI=1S/C16H15F2NO2/c1-2-16(15(20)21,11-4-3-5-13(18)10-11)19-14-8-6-12(17)7-9-14/h3-10,19H,2H2,1H3,(H,20,21). The van der Waals surface area contributed by atoms with Crippen LogP contribution in [-0.4, -0.2) is 11.1 Å². The summed E-state index contributed by atoms with van der Waals surface area (Å²) < 4.78 is 26.4. The highest BCUT2D eigenvalue weighted by molar-refractivity contribution is 5.84. The van der Waals surface area contributed by atoms with Gasteiger partial charge in [-0.1, -0.05) is 19.1 Å². The lowest BCUT2D eigenvalue weighted by Crippen LogP contribution is -2.43. The Hall–Kier alpha value is -2.43. The van der Waals surface area contributed by atoms with Crippen molar-refractivity contribution in [3.05, 3.63) is 65.7 Å². The van der Waals surface area contributed by atoms with Crippen molar-refractivity contribution in [1.82, 2.24) is 0 Å². The number of anilines is 1. The molecule has 3 nitrogen and oxygen atoms in total. The van der Waals surface area contributed by atoms with Gasteiger partial charge < -0.3 is 10.4 Å². The van der Waals surface area contributed by atoms with E-state index in [1.165, 1.54) is 42.5 Å². The fourth-order valence-corrected chi connectivity index (χ4v) is 2.23. The van der Waals surface area contributed by atoms with Gasteiger partial charge in [-0.05, 0) is 48.4 Å². The van der Waals surface area contributed by atoms with Crippen molar-refractivity contribution in [1.29, 1.82) is 0 Å². The minimum absolute atomic E-state index is 0.198. The Balaban J connectivity index is 2.46. The molecule has 0 heterocycles. The second kappa shape index (κ2) is 5.91. The Morgan fingerprint density at radius 2 is 1.81 bits per heavy atom. The summed E-state index contributed by atoms with van der Waals surface area (Å²) in [5.74, 6) is -2.05. The first-order valence-electron chi connectivity index (χ1n) is 6.51. The maximum atomic E-state index is 13.4. The SMILES string of the molecule is CCC(Nc1ccc(F)cc1)(C(=O)O)c1cccc(F)c1. The Kier molecular flexibility index (Phi) is 4.21. The van der Waals surface area contributed by atoms with Crippen LogP contribution in [0.15, 0.2) is 48.5 Å². The van der Waals surface area contributed by atoms with E-state index in [1.54, 1.807) is 13.0 Å². The molecule has 0 bridgehead atoms. The Morgan fingerprint density at radius 1 is 1.14 bits per heavy atom. The van der Waals surface area contributed by atoms with E-state index < -0.39 is 23.1 Å². The van der Waals surface area contributed by atoms with Crippen LogP contribution in [0.5, 0.6) is 0 Å². The largest absolute Gasteiger partial charge is 0.479 e. The lowest BCUT2D eigenvalue weighted by atomic mass is 9.86. The van der Waals surface area contributed by atoms with Gasteiger partial charge in [0.1, 0.15) is 11.6 Å². The average molecular weight is 291 g/mol. The van der Waals surface area contributed by atoms with Crippen LogP contribution in [0.1, 0.15) is 18.9 Å². The van der Waals surface area contributed by atoms with Gasteiger partial charge in [-0.2, -0.15) is 0 Å². The first kappa shape index (κ1) is 15.0. The van der Waals surface area contributed by atoms with Crippen LogP contribution in [0, 0.1) is 11.6 Å². The number of carboxylic acids is 1. The van der Waals surface area contributed by atoms with Gasteiger partial charge in [0.2, 0.25) is 0 Å². The maximum Gasteiger partial charge on any atom is 0.334 e. The van der Waals surface area contributed by atoms with Crippen LogP contribution < -0.4 is 5.32 Å². The molecule has 21 heavy (non-hydrogen) atoms. The van der Waals surface area contributed by atoms with E-state index in [1.807, 2.05) is 0 Å². The van der Waals surface area contributed by atoms with Crippen molar-refractivity contribution in [2.45, 2.75) is 18.9 Å². The van der Waals surface area contributed by atoms with Crippen LogP contribution in [-0.2, 0) is 10.3 Å². The number of carboxylic acid groups (broad SMARTS) is 1. The summed E-state index contributed by atoms with van der Waals surface area (Å²) in [6.45, 7) is 1.69. The van der Waals surface area contributed by atoms with Gasteiger partial charge in [-0.3, -0.25) is 0 Å². The molecule has 2 N–H and O–H groups in total. The fourth-order valence-electron chi connectivity index (χ4n) is 2.23. The number of carbonyl (C=O) groups is 1. The van der Waals surface area contributed by atoms with Crippen LogP contribution in [0.2, 0.25) is 0 Å². The molecule has 1 atom stereocenters. The third kappa shape index (κ3) is 3.02. The van der Waals surface area contributed by atoms with Crippen molar-refractivity contribution in [3.8, 4) is 0 Å². The molecule has 2 rings (SSSR count). The van der Waals surface area contributed by atoms with Gasteiger partial charge in [0, 0.05) is 5.69 Å². The van der Waals surface area contributed by atoms with Crippen molar-refractivity contribution < 1.29 is 18.7 Å². The molecule has 0 aliphatic rings. The van der Waals surface area contributed by atoms with E-state index in [4.69, 9.17) is 0 Å². The van der Waals surface area contributed by atoms with Gasteiger partial charge in [-0.25, -0.2) is 13.6 Å². The van der Waals surface area contributed by atoms with Gasteiger partial charge >= 0.3 is 5.97 Å². The average Bonchev–Trinajstić information content (AvgIpc) is 2.46. The van der Waals surface area contributed by atoms with Crippen LogP contribution in [0.4, 0.5) is 14.5 Å². The van der Waals surface area contributed by atoms with Gasteiger partial charge in [0.25, 0.3) is 0 Å². The lowest BCUT2D eigenvalue weighted by Gasteiger charge is -2.31. The Morgan fingerprint density at radius 3 is 2.33 bits per heavy atom. The van der Waals surface area contributed by atoms with Gasteiger partial charge in [0.15, 0.2) is 5.54 Å². The molecule has 0 fully saturated rings. The van der Waals surface area contributed by atoms with Gasteiger partial charge in [0.05, 0.1) is 0 Å². The first-order chi connectivity index (χ1) is 9.98. The van der Waals surface area contributed by atoms with E-state index in [9.17, 15) is 18.7 Å². The van der Waals surface area contributed by atoms with Crippen molar-refractivity contribution in [2.75, 3.05) is 5.32 Å². The molecule has 0 aliphatic carbocycles. The predicted molar refractivity (Wildman–Crippen MR) is 76.0 cm³/mol.